The van der Waals surface area contributed by atoms with Crippen molar-refractivity contribution in [3.63, 3.8) is 0 Å². The topological polar surface area (TPSA) is 66.8 Å². The molecule has 2 unspecified atom stereocenters. The van der Waals surface area contributed by atoms with E-state index in [-0.39, 0.29) is 16.6 Å². The SMILES string of the molecule is COc1cc(F)c(C(O)C(O)CSC(C)=O)c(F)c1. The molecule has 7 heteroatoms. The normalized spacial score (nSPS) is 14.0. The van der Waals surface area contributed by atoms with Crippen LogP contribution in [0.25, 0.3) is 0 Å². The van der Waals surface area contributed by atoms with Gasteiger partial charge in [-0.15, -0.1) is 0 Å². The maximum atomic E-state index is 13.6. The van der Waals surface area contributed by atoms with Crippen molar-refractivity contribution in [3.8, 4) is 5.75 Å². The second kappa shape index (κ2) is 6.83. The Morgan fingerprint density at radius 1 is 1.37 bits per heavy atom. The van der Waals surface area contributed by atoms with Crippen LogP contribution in [0.3, 0.4) is 0 Å². The van der Waals surface area contributed by atoms with Crippen molar-refractivity contribution in [3.05, 3.63) is 29.3 Å². The number of thioether (sulfide) groups is 1. The highest BCUT2D eigenvalue weighted by Crippen LogP contribution is 2.28. The smallest absolute Gasteiger partial charge is 0.185 e. The maximum Gasteiger partial charge on any atom is 0.185 e. The van der Waals surface area contributed by atoms with Gasteiger partial charge in [0.05, 0.1) is 18.8 Å². The maximum absolute atomic E-state index is 13.6. The van der Waals surface area contributed by atoms with E-state index in [9.17, 15) is 23.8 Å². The fraction of sp³-hybridized carbons (Fsp3) is 0.417. The molecule has 0 aliphatic carbocycles. The molecule has 0 fully saturated rings. The van der Waals surface area contributed by atoms with E-state index in [0.717, 1.165) is 23.9 Å². The van der Waals surface area contributed by atoms with Crippen molar-refractivity contribution >= 4 is 16.9 Å². The summed E-state index contributed by atoms with van der Waals surface area (Å²) in [5, 5.41) is 19.1. The quantitative estimate of drug-likeness (QED) is 0.863. The highest BCUT2D eigenvalue weighted by molar-refractivity contribution is 8.13. The van der Waals surface area contributed by atoms with E-state index in [1.54, 1.807) is 0 Å². The third kappa shape index (κ3) is 4.15. The molecule has 0 bridgehead atoms. The van der Waals surface area contributed by atoms with Crippen LogP contribution in [0, 0.1) is 11.6 Å². The van der Waals surface area contributed by atoms with Gasteiger partial charge in [-0.3, -0.25) is 4.79 Å². The molecule has 0 spiro atoms. The number of aliphatic hydroxyl groups is 2. The average Bonchev–Trinajstić information content (AvgIpc) is 2.34. The summed E-state index contributed by atoms with van der Waals surface area (Å²) in [7, 11) is 1.25. The van der Waals surface area contributed by atoms with E-state index in [1.807, 2.05) is 0 Å². The zero-order valence-electron chi connectivity index (χ0n) is 10.4. The van der Waals surface area contributed by atoms with Crippen LogP contribution in [-0.4, -0.2) is 34.3 Å². The van der Waals surface area contributed by atoms with Crippen molar-refractivity contribution in [2.75, 3.05) is 12.9 Å². The number of methoxy groups -OCH3 is 1. The summed E-state index contributed by atoms with van der Waals surface area (Å²) in [5.41, 5.74) is -0.641. The molecule has 0 saturated heterocycles. The number of ether oxygens (including phenoxy) is 1. The number of halogens is 2. The molecular weight excluding hydrogens is 278 g/mol. The first-order valence-corrected chi connectivity index (χ1v) is 6.37. The van der Waals surface area contributed by atoms with Crippen LogP contribution in [0.15, 0.2) is 12.1 Å². The minimum absolute atomic E-state index is 0.0291. The Balaban J connectivity index is 2.92. The van der Waals surface area contributed by atoms with Crippen LogP contribution >= 0.6 is 11.8 Å². The standard InChI is InChI=1S/C12H14F2O4S/c1-6(15)19-5-10(16)12(17)11-8(13)3-7(18-2)4-9(11)14/h3-4,10,12,16-17H,5H2,1-2H3. The predicted octanol–water partition coefficient (Wildman–Crippen LogP) is 1.65. The van der Waals surface area contributed by atoms with Crippen molar-refractivity contribution in [1.82, 2.24) is 0 Å². The minimum Gasteiger partial charge on any atom is -0.497 e. The highest BCUT2D eigenvalue weighted by Gasteiger charge is 2.26. The van der Waals surface area contributed by atoms with Crippen molar-refractivity contribution in [2.45, 2.75) is 19.1 Å². The summed E-state index contributed by atoms with van der Waals surface area (Å²) in [6.45, 7) is 1.29. The van der Waals surface area contributed by atoms with Gasteiger partial charge in [-0.05, 0) is 0 Å². The van der Waals surface area contributed by atoms with E-state index in [4.69, 9.17) is 0 Å². The molecule has 2 atom stereocenters. The number of hydrogen-bond donors (Lipinski definition) is 2. The fourth-order valence-corrected chi connectivity index (χ4v) is 2.04. The van der Waals surface area contributed by atoms with E-state index < -0.39 is 29.4 Å². The number of rotatable bonds is 5. The van der Waals surface area contributed by atoms with Crippen LogP contribution in [0.4, 0.5) is 8.78 Å². The van der Waals surface area contributed by atoms with Crippen LogP contribution in [-0.2, 0) is 4.79 Å². The van der Waals surface area contributed by atoms with Crippen molar-refractivity contribution in [1.29, 1.82) is 0 Å². The molecule has 4 nitrogen and oxygen atoms in total. The number of benzene rings is 1. The summed E-state index contributed by atoms with van der Waals surface area (Å²) in [5.74, 6) is -2.22. The van der Waals surface area contributed by atoms with Gasteiger partial charge in [0.15, 0.2) is 5.12 Å². The first-order chi connectivity index (χ1) is 8.86. The molecule has 0 amide bonds. The van der Waals surface area contributed by atoms with Crippen molar-refractivity contribution < 1.29 is 28.5 Å². The molecule has 2 N–H and O–H groups in total. The monoisotopic (exact) mass is 292 g/mol. The first-order valence-electron chi connectivity index (χ1n) is 5.39. The van der Waals surface area contributed by atoms with Gasteiger partial charge in [0.1, 0.15) is 23.5 Å². The van der Waals surface area contributed by atoms with Crippen LogP contribution in [0.2, 0.25) is 0 Å². The first kappa shape index (κ1) is 15.9. The Labute approximate surface area is 113 Å². The molecular formula is C12H14F2O4S. The summed E-state index contributed by atoms with van der Waals surface area (Å²) in [6, 6.07) is 1.82. The Hall–Kier alpha value is -1.18. The Morgan fingerprint density at radius 3 is 2.32 bits per heavy atom. The lowest BCUT2D eigenvalue weighted by atomic mass is 10.0. The number of carbonyl (C=O) groups excluding carboxylic acids is 1. The van der Waals surface area contributed by atoms with Gasteiger partial charge in [0.25, 0.3) is 0 Å². The predicted molar refractivity (Wildman–Crippen MR) is 67.0 cm³/mol. The molecule has 1 rings (SSSR count). The Morgan fingerprint density at radius 2 is 1.89 bits per heavy atom. The third-order valence-corrected chi connectivity index (χ3v) is 3.32. The van der Waals surface area contributed by atoms with E-state index in [2.05, 4.69) is 4.74 Å². The number of carbonyl (C=O) groups is 1. The zero-order valence-corrected chi connectivity index (χ0v) is 11.2. The van der Waals surface area contributed by atoms with E-state index >= 15 is 0 Å². The van der Waals surface area contributed by atoms with E-state index in [0.29, 0.717) is 0 Å². The van der Waals surface area contributed by atoms with Crippen LogP contribution in [0.5, 0.6) is 5.75 Å². The molecule has 1 aromatic rings. The Kier molecular flexibility index (Phi) is 5.71. The number of hydrogen-bond acceptors (Lipinski definition) is 5. The second-order valence-corrected chi connectivity index (χ2v) is 5.02. The molecule has 106 valence electrons. The van der Waals surface area contributed by atoms with Gasteiger partial charge >= 0.3 is 0 Å². The lowest BCUT2D eigenvalue weighted by Gasteiger charge is -2.19. The number of aliphatic hydroxyl groups excluding tert-OH is 2. The second-order valence-electron chi connectivity index (χ2n) is 3.82. The molecule has 0 heterocycles. The highest BCUT2D eigenvalue weighted by atomic mass is 32.2. The summed E-state index contributed by atoms with van der Waals surface area (Å²) in [4.78, 5) is 10.7. The summed E-state index contributed by atoms with van der Waals surface area (Å²) >= 11 is 0.763. The van der Waals surface area contributed by atoms with Crippen LogP contribution < -0.4 is 4.74 Å². The fourth-order valence-electron chi connectivity index (χ4n) is 1.45. The Bertz CT molecular complexity index is 444. The summed E-state index contributed by atoms with van der Waals surface area (Å²) in [6.07, 6.45) is -3.20. The largest absolute Gasteiger partial charge is 0.497 e. The zero-order chi connectivity index (χ0) is 14.6. The third-order valence-electron chi connectivity index (χ3n) is 2.41. The van der Waals surface area contributed by atoms with Gasteiger partial charge < -0.3 is 14.9 Å². The van der Waals surface area contributed by atoms with Crippen LogP contribution in [0.1, 0.15) is 18.6 Å². The van der Waals surface area contributed by atoms with Gasteiger partial charge in [-0.2, -0.15) is 0 Å². The lowest BCUT2D eigenvalue weighted by molar-refractivity contribution is -0.109. The molecule has 0 aliphatic rings. The molecule has 0 aromatic heterocycles. The average molecular weight is 292 g/mol. The molecule has 19 heavy (non-hydrogen) atoms. The summed E-state index contributed by atoms with van der Waals surface area (Å²) < 4.78 is 32.0. The van der Waals surface area contributed by atoms with Gasteiger partial charge in [0, 0.05) is 24.8 Å². The minimum atomic E-state index is -1.75. The molecule has 0 saturated carbocycles. The van der Waals surface area contributed by atoms with E-state index in [1.165, 1.54) is 14.0 Å². The lowest BCUT2D eigenvalue weighted by Crippen LogP contribution is -2.23. The molecule has 1 aromatic carbocycles. The van der Waals surface area contributed by atoms with Gasteiger partial charge in [-0.1, -0.05) is 11.8 Å². The molecule has 0 radical (unpaired) electrons. The van der Waals surface area contributed by atoms with Crippen molar-refractivity contribution in [2.24, 2.45) is 0 Å². The molecule has 0 aliphatic heterocycles. The van der Waals surface area contributed by atoms with Gasteiger partial charge in [0.2, 0.25) is 0 Å². The van der Waals surface area contributed by atoms with Gasteiger partial charge in [-0.25, -0.2) is 8.78 Å².